The highest BCUT2D eigenvalue weighted by molar-refractivity contribution is 5.58. The fourth-order valence-corrected chi connectivity index (χ4v) is 3.78. The summed E-state index contributed by atoms with van der Waals surface area (Å²) >= 11 is 0. The summed E-state index contributed by atoms with van der Waals surface area (Å²) in [6.45, 7) is 4.42. The van der Waals surface area contributed by atoms with Crippen LogP contribution < -0.4 is 10.6 Å². The third kappa shape index (κ3) is 2.03. The molecule has 1 heterocycles. The highest BCUT2D eigenvalue weighted by Gasteiger charge is 2.34. The zero-order chi connectivity index (χ0) is 12.5. The molecule has 1 aromatic carbocycles. The Labute approximate surface area is 110 Å². The third-order valence-corrected chi connectivity index (χ3v) is 4.84. The lowest BCUT2D eigenvalue weighted by atomic mass is 9.78. The van der Waals surface area contributed by atoms with Crippen molar-refractivity contribution in [2.45, 2.75) is 38.6 Å². The molecule has 3 rings (SSSR count). The van der Waals surface area contributed by atoms with Crippen molar-refractivity contribution in [3.63, 3.8) is 0 Å². The van der Waals surface area contributed by atoms with Crippen LogP contribution in [0.15, 0.2) is 24.3 Å². The quantitative estimate of drug-likeness (QED) is 0.867. The molecule has 0 bridgehead atoms. The first-order chi connectivity index (χ1) is 8.79. The molecule has 2 nitrogen and oxygen atoms in total. The minimum Gasteiger partial charge on any atom is -0.368 e. The molecule has 0 spiro atoms. The van der Waals surface area contributed by atoms with Crippen molar-refractivity contribution in [2.75, 3.05) is 18.0 Å². The van der Waals surface area contributed by atoms with E-state index in [0.717, 1.165) is 12.5 Å². The summed E-state index contributed by atoms with van der Waals surface area (Å²) in [6, 6.07) is 9.56. The number of fused-ring (bicyclic) bond motifs is 1. The minimum absolute atomic E-state index is 0.669. The summed E-state index contributed by atoms with van der Waals surface area (Å²) in [5, 5.41) is 0. The van der Waals surface area contributed by atoms with Crippen LogP contribution in [-0.2, 0) is 6.42 Å². The Balaban J connectivity index is 1.85. The van der Waals surface area contributed by atoms with Crippen molar-refractivity contribution in [3.05, 3.63) is 29.8 Å². The molecule has 0 saturated heterocycles. The first kappa shape index (κ1) is 12.0. The summed E-state index contributed by atoms with van der Waals surface area (Å²) in [7, 11) is 0. The predicted octanol–water partition coefficient (Wildman–Crippen LogP) is 2.81. The molecule has 0 aromatic heterocycles. The van der Waals surface area contributed by atoms with Crippen molar-refractivity contribution in [3.8, 4) is 0 Å². The Morgan fingerprint density at radius 1 is 1.28 bits per heavy atom. The molecule has 98 valence electrons. The molecule has 2 heteroatoms. The van der Waals surface area contributed by atoms with Crippen LogP contribution in [0.25, 0.3) is 0 Å². The van der Waals surface area contributed by atoms with E-state index in [0.29, 0.717) is 12.0 Å². The van der Waals surface area contributed by atoms with Crippen LogP contribution in [0.5, 0.6) is 0 Å². The first-order valence-electron chi connectivity index (χ1n) is 7.34. The van der Waals surface area contributed by atoms with Crippen LogP contribution in [0.1, 0.15) is 31.7 Å². The van der Waals surface area contributed by atoms with Crippen LogP contribution >= 0.6 is 0 Å². The number of rotatable bonds is 2. The molecule has 2 aliphatic rings. The lowest BCUT2D eigenvalue weighted by Crippen LogP contribution is -2.46. The van der Waals surface area contributed by atoms with Crippen LogP contribution in [0, 0.1) is 11.8 Å². The summed E-state index contributed by atoms with van der Waals surface area (Å²) in [4.78, 5) is 2.64. The zero-order valence-corrected chi connectivity index (χ0v) is 11.3. The van der Waals surface area contributed by atoms with E-state index < -0.39 is 0 Å². The van der Waals surface area contributed by atoms with Gasteiger partial charge in [-0.15, -0.1) is 0 Å². The van der Waals surface area contributed by atoms with E-state index in [1.165, 1.54) is 43.5 Å². The van der Waals surface area contributed by atoms with E-state index >= 15 is 0 Å². The molecule has 1 saturated carbocycles. The number of nitrogens with two attached hydrogens (primary N) is 1. The van der Waals surface area contributed by atoms with Crippen molar-refractivity contribution in [1.29, 1.82) is 0 Å². The SMILES string of the molecule is CC1CCC(CN)C(N2CCc3ccccc32)C1. The third-order valence-electron chi connectivity index (χ3n) is 4.84. The number of hydrogen-bond acceptors (Lipinski definition) is 2. The number of benzene rings is 1. The van der Waals surface area contributed by atoms with Gasteiger partial charge < -0.3 is 10.6 Å². The van der Waals surface area contributed by atoms with Gasteiger partial charge in [-0.1, -0.05) is 31.5 Å². The number of hydrogen-bond donors (Lipinski definition) is 1. The van der Waals surface area contributed by atoms with Crippen LogP contribution in [0.2, 0.25) is 0 Å². The molecule has 1 aliphatic heterocycles. The van der Waals surface area contributed by atoms with E-state index in [4.69, 9.17) is 5.73 Å². The van der Waals surface area contributed by atoms with Gasteiger partial charge in [0.05, 0.1) is 0 Å². The average Bonchev–Trinajstić information content (AvgIpc) is 2.82. The lowest BCUT2D eigenvalue weighted by molar-refractivity contribution is 0.246. The molecule has 18 heavy (non-hydrogen) atoms. The van der Waals surface area contributed by atoms with Crippen LogP contribution in [-0.4, -0.2) is 19.1 Å². The van der Waals surface area contributed by atoms with Gasteiger partial charge in [0.15, 0.2) is 0 Å². The first-order valence-corrected chi connectivity index (χ1v) is 7.34. The average molecular weight is 244 g/mol. The fraction of sp³-hybridized carbons (Fsp3) is 0.625. The highest BCUT2D eigenvalue weighted by Crippen LogP contribution is 2.38. The topological polar surface area (TPSA) is 29.3 Å². The number of nitrogens with zero attached hydrogens (tertiary/aromatic N) is 1. The molecule has 1 fully saturated rings. The van der Waals surface area contributed by atoms with Gasteiger partial charge >= 0.3 is 0 Å². The number of anilines is 1. The summed E-state index contributed by atoms with van der Waals surface area (Å²) < 4.78 is 0. The fourth-order valence-electron chi connectivity index (χ4n) is 3.78. The standard InChI is InChI=1S/C16H24N2/c1-12-6-7-14(11-17)16(10-12)18-9-8-13-4-2-3-5-15(13)18/h2-5,12,14,16H,6-11,17H2,1H3. The normalized spacial score (nSPS) is 31.4. The van der Waals surface area contributed by atoms with Gasteiger partial charge in [-0.05, 0) is 49.3 Å². The monoisotopic (exact) mass is 244 g/mol. The van der Waals surface area contributed by atoms with Crippen molar-refractivity contribution in [1.82, 2.24) is 0 Å². The Hall–Kier alpha value is -1.02. The van der Waals surface area contributed by atoms with Gasteiger partial charge in [0.1, 0.15) is 0 Å². The summed E-state index contributed by atoms with van der Waals surface area (Å²) in [5.74, 6) is 1.54. The van der Waals surface area contributed by atoms with Gasteiger partial charge in [0, 0.05) is 18.3 Å². The predicted molar refractivity (Wildman–Crippen MR) is 76.8 cm³/mol. The Morgan fingerprint density at radius 3 is 2.94 bits per heavy atom. The molecule has 1 aliphatic carbocycles. The van der Waals surface area contributed by atoms with E-state index in [-0.39, 0.29) is 0 Å². The van der Waals surface area contributed by atoms with Crippen molar-refractivity contribution < 1.29 is 0 Å². The zero-order valence-electron chi connectivity index (χ0n) is 11.3. The molecule has 0 radical (unpaired) electrons. The second-order valence-electron chi connectivity index (χ2n) is 6.05. The van der Waals surface area contributed by atoms with E-state index in [2.05, 4.69) is 36.1 Å². The second kappa shape index (κ2) is 4.93. The van der Waals surface area contributed by atoms with E-state index in [1.54, 1.807) is 0 Å². The molecule has 3 atom stereocenters. The molecular formula is C16H24N2. The second-order valence-corrected chi connectivity index (χ2v) is 6.05. The maximum atomic E-state index is 6.00. The molecule has 1 aromatic rings. The molecule has 0 amide bonds. The van der Waals surface area contributed by atoms with Crippen molar-refractivity contribution in [2.24, 2.45) is 17.6 Å². The van der Waals surface area contributed by atoms with E-state index in [1.807, 2.05) is 0 Å². The maximum Gasteiger partial charge on any atom is 0.0402 e. The Kier molecular flexibility index (Phi) is 3.29. The van der Waals surface area contributed by atoms with Gasteiger partial charge in [0.25, 0.3) is 0 Å². The number of para-hydroxylation sites is 1. The highest BCUT2D eigenvalue weighted by atomic mass is 15.2. The smallest absolute Gasteiger partial charge is 0.0402 e. The van der Waals surface area contributed by atoms with E-state index in [9.17, 15) is 0 Å². The van der Waals surface area contributed by atoms with Gasteiger partial charge in [-0.3, -0.25) is 0 Å². The Bertz CT molecular complexity index is 415. The van der Waals surface area contributed by atoms with Crippen LogP contribution in [0.3, 0.4) is 0 Å². The summed E-state index contributed by atoms with van der Waals surface area (Å²) in [5.41, 5.74) is 8.99. The molecular weight excluding hydrogens is 220 g/mol. The largest absolute Gasteiger partial charge is 0.368 e. The van der Waals surface area contributed by atoms with Gasteiger partial charge in [0.2, 0.25) is 0 Å². The molecule has 3 unspecified atom stereocenters. The van der Waals surface area contributed by atoms with Gasteiger partial charge in [-0.25, -0.2) is 0 Å². The maximum absolute atomic E-state index is 6.00. The molecule has 2 N–H and O–H groups in total. The minimum atomic E-state index is 0.669. The van der Waals surface area contributed by atoms with Crippen molar-refractivity contribution >= 4 is 5.69 Å². The van der Waals surface area contributed by atoms with Gasteiger partial charge in [-0.2, -0.15) is 0 Å². The lowest BCUT2D eigenvalue weighted by Gasteiger charge is -2.41. The Morgan fingerprint density at radius 2 is 2.11 bits per heavy atom. The summed E-state index contributed by atoms with van der Waals surface area (Å²) in [6.07, 6.45) is 5.18. The van der Waals surface area contributed by atoms with Crippen LogP contribution in [0.4, 0.5) is 5.69 Å².